The van der Waals surface area contributed by atoms with Crippen LogP contribution in [-0.2, 0) is 16.1 Å². The van der Waals surface area contributed by atoms with Gasteiger partial charge >= 0.3 is 0 Å². The minimum Gasteiger partial charge on any atom is -0.484 e. The summed E-state index contributed by atoms with van der Waals surface area (Å²) in [7, 11) is 0. The lowest BCUT2D eigenvalue weighted by molar-refractivity contribution is -0.142. The van der Waals surface area contributed by atoms with Crippen LogP contribution in [0.3, 0.4) is 0 Å². The fourth-order valence-corrected chi connectivity index (χ4v) is 2.91. The summed E-state index contributed by atoms with van der Waals surface area (Å²) < 4.78 is 6.57. The van der Waals surface area contributed by atoms with Crippen LogP contribution in [0.1, 0.15) is 32.3 Å². The van der Waals surface area contributed by atoms with Crippen molar-refractivity contribution < 1.29 is 14.3 Å². The molecule has 6 heteroatoms. The molecular formula is C22H27BrN2O3. The molecule has 1 atom stereocenters. The van der Waals surface area contributed by atoms with Crippen molar-refractivity contribution in [3.05, 3.63) is 64.6 Å². The molecule has 0 aliphatic carbocycles. The van der Waals surface area contributed by atoms with Crippen molar-refractivity contribution in [1.29, 1.82) is 0 Å². The fourth-order valence-electron chi connectivity index (χ4n) is 2.65. The maximum absolute atomic E-state index is 12.9. The van der Waals surface area contributed by atoms with Gasteiger partial charge in [0, 0.05) is 17.6 Å². The minimum atomic E-state index is -0.590. The van der Waals surface area contributed by atoms with E-state index in [0.29, 0.717) is 18.8 Å². The van der Waals surface area contributed by atoms with Gasteiger partial charge in [0.1, 0.15) is 11.8 Å². The van der Waals surface area contributed by atoms with E-state index in [1.54, 1.807) is 24.0 Å². The highest BCUT2D eigenvalue weighted by Gasteiger charge is 2.26. The van der Waals surface area contributed by atoms with Gasteiger partial charge < -0.3 is 15.0 Å². The van der Waals surface area contributed by atoms with Gasteiger partial charge in [0.15, 0.2) is 6.61 Å². The Labute approximate surface area is 175 Å². The number of carbonyl (C=O) groups is 2. The Bertz CT molecular complexity index is 750. The van der Waals surface area contributed by atoms with Crippen molar-refractivity contribution in [2.45, 2.75) is 39.3 Å². The van der Waals surface area contributed by atoms with Crippen LogP contribution in [-0.4, -0.2) is 35.9 Å². The summed E-state index contributed by atoms with van der Waals surface area (Å²) in [5, 5.41) is 2.91. The molecule has 0 aliphatic rings. The number of carbonyl (C=O) groups excluding carboxylic acids is 2. The summed E-state index contributed by atoms with van der Waals surface area (Å²) >= 11 is 3.41. The van der Waals surface area contributed by atoms with Crippen molar-refractivity contribution in [3.8, 4) is 5.75 Å². The molecule has 0 radical (unpaired) electrons. The zero-order valence-corrected chi connectivity index (χ0v) is 17.9. The normalized spacial score (nSPS) is 11.5. The van der Waals surface area contributed by atoms with Crippen LogP contribution in [0.5, 0.6) is 5.75 Å². The first-order chi connectivity index (χ1) is 13.5. The second-order valence-corrected chi connectivity index (χ2v) is 7.49. The van der Waals surface area contributed by atoms with Crippen LogP contribution >= 0.6 is 15.9 Å². The van der Waals surface area contributed by atoms with E-state index >= 15 is 0 Å². The molecule has 2 aromatic rings. The van der Waals surface area contributed by atoms with Gasteiger partial charge in [-0.15, -0.1) is 0 Å². The number of halogens is 1. The molecule has 2 rings (SSSR count). The average Bonchev–Trinajstić information content (AvgIpc) is 2.72. The smallest absolute Gasteiger partial charge is 0.261 e. The van der Waals surface area contributed by atoms with Gasteiger partial charge in [-0.2, -0.15) is 0 Å². The number of hydrogen-bond acceptors (Lipinski definition) is 3. The van der Waals surface area contributed by atoms with Gasteiger partial charge in [0.25, 0.3) is 5.91 Å². The third-order valence-electron chi connectivity index (χ3n) is 4.37. The SMILES string of the molecule is CCCCNC(=O)C(C)N(Cc1ccc(Br)cc1)C(=O)COc1ccccc1. The maximum atomic E-state index is 12.9. The Hall–Kier alpha value is -2.34. The third kappa shape index (κ3) is 7.00. The van der Waals surface area contributed by atoms with E-state index < -0.39 is 6.04 Å². The number of hydrogen-bond donors (Lipinski definition) is 1. The summed E-state index contributed by atoms with van der Waals surface area (Å²) in [6.45, 7) is 4.65. The molecular weight excluding hydrogens is 420 g/mol. The minimum absolute atomic E-state index is 0.118. The van der Waals surface area contributed by atoms with E-state index in [4.69, 9.17) is 4.74 Å². The van der Waals surface area contributed by atoms with Crippen LogP contribution in [0.4, 0.5) is 0 Å². The largest absolute Gasteiger partial charge is 0.484 e. The van der Waals surface area contributed by atoms with Gasteiger partial charge in [-0.05, 0) is 43.2 Å². The molecule has 0 saturated heterocycles. The molecule has 150 valence electrons. The molecule has 0 aliphatic heterocycles. The van der Waals surface area contributed by atoms with Gasteiger partial charge in [-0.25, -0.2) is 0 Å². The summed E-state index contributed by atoms with van der Waals surface area (Å²) in [5.74, 6) is 0.239. The molecule has 0 spiro atoms. The summed E-state index contributed by atoms with van der Waals surface area (Å²) in [6.07, 6.45) is 1.91. The molecule has 0 fully saturated rings. The van der Waals surface area contributed by atoms with Crippen LogP contribution in [0.25, 0.3) is 0 Å². The number of rotatable bonds is 10. The van der Waals surface area contributed by atoms with Crippen LogP contribution in [0.15, 0.2) is 59.1 Å². The van der Waals surface area contributed by atoms with E-state index in [2.05, 4.69) is 28.2 Å². The zero-order valence-electron chi connectivity index (χ0n) is 16.4. The van der Waals surface area contributed by atoms with Gasteiger partial charge in [-0.1, -0.05) is 59.6 Å². The standard InChI is InChI=1S/C22H27BrN2O3/c1-3-4-14-24-22(27)17(2)25(15-18-10-12-19(23)13-11-18)21(26)16-28-20-8-6-5-7-9-20/h5-13,17H,3-4,14-16H2,1-2H3,(H,24,27). The van der Waals surface area contributed by atoms with Crippen LogP contribution in [0.2, 0.25) is 0 Å². The maximum Gasteiger partial charge on any atom is 0.261 e. The lowest BCUT2D eigenvalue weighted by Crippen LogP contribution is -2.49. The Morgan fingerprint density at radius 2 is 1.79 bits per heavy atom. The van der Waals surface area contributed by atoms with Crippen LogP contribution in [0, 0.1) is 0 Å². The molecule has 1 N–H and O–H groups in total. The molecule has 5 nitrogen and oxygen atoms in total. The van der Waals surface area contributed by atoms with Crippen molar-refractivity contribution >= 4 is 27.7 Å². The fraction of sp³-hybridized carbons (Fsp3) is 0.364. The quantitative estimate of drug-likeness (QED) is 0.557. The molecule has 0 saturated carbocycles. The van der Waals surface area contributed by atoms with Crippen molar-refractivity contribution in [3.63, 3.8) is 0 Å². The Morgan fingerprint density at radius 1 is 1.11 bits per heavy atom. The van der Waals surface area contributed by atoms with Crippen molar-refractivity contribution in [2.24, 2.45) is 0 Å². The number of benzene rings is 2. The van der Waals surface area contributed by atoms with E-state index in [0.717, 1.165) is 22.9 Å². The first kappa shape index (κ1) is 22.0. The highest BCUT2D eigenvalue weighted by atomic mass is 79.9. The molecule has 0 aromatic heterocycles. The van der Waals surface area contributed by atoms with Crippen LogP contribution < -0.4 is 10.1 Å². The highest BCUT2D eigenvalue weighted by molar-refractivity contribution is 9.10. The van der Waals surface area contributed by atoms with Crippen molar-refractivity contribution in [2.75, 3.05) is 13.2 Å². The molecule has 2 aromatic carbocycles. The summed E-state index contributed by atoms with van der Waals surface area (Å²) in [5.41, 5.74) is 0.949. The monoisotopic (exact) mass is 446 g/mol. The first-order valence-corrected chi connectivity index (χ1v) is 10.3. The van der Waals surface area contributed by atoms with Gasteiger partial charge in [0.05, 0.1) is 0 Å². The molecule has 0 heterocycles. The Balaban J connectivity index is 2.08. The van der Waals surface area contributed by atoms with Crippen molar-refractivity contribution in [1.82, 2.24) is 10.2 Å². The first-order valence-electron chi connectivity index (χ1n) is 9.50. The predicted molar refractivity (Wildman–Crippen MR) is 114 cm³/mol. The Morgan fingerprint density at radius 3 is 2.43 bits per heavy atom. The lowest BCUT2D eigenvalue weighted by atomic mass is 10.1. The summed E-state index contributed by atoms with van der Waals surface area (Å²) in [4.78, 5) is 27.0. The van der Waals surface area contributed by atoms with E-state index in [-0.39, 0.29) is 18.4 Å². The zero-order chi connectivity index (χ0) is 20.4. The number of amides is 2. The topological polar surface area (TPSA) is 58.6 Å². The number of ether oxygens (including phenoxy) is 1. The molecule has 1 unspecified atom stereocenters. The molecule has 28 heavy (non-hydrogen) atoms. The second-order valence-electron chi connectivity index (χ2n) is 6.57. The summed E-state index contributed by atoms with van der Waals surface area (Å²) in [6, 6.07) is 16.3. The van der Waals surface area contributed by atoms with Gasteiger partial charge in [-0.3, -0.25) is 9.59 Å². The highest BCUT2D eigenvalue weighted by Crippen LogP contribution is 2.15. The molecule has 0 bridgehead atoms. The predicted octanol–water partition coefficient (Wildman–Crippen LogP) is 4.16. The molecule has 2 amide bonds. The number of unbranched alkanes of at least 4 members (excludes halogenated alkanes) is 1. The Kier molecular flexibility index (Phi) is 9.01. The van der Waals surface area contributed by atoms with Gasteiger partial charge in [0.2, 0.25) is 5.91 Å². The second kappa shape index (κ2) is 11.5. The van der Waals surface area contributed by atoms with E-state index in [9.17, 15) is 9.59 Å². The van der Waals surface area contributed by atoms with E-state index in [1.807, 2.05) is 42.5 Å². The third-order valence-corrected chi connectivity index (χ3v) is 4.90. The number of para-hydroxylation sites is 1. The van der Waals surface area contributed by atoms with E-state index in [1.165, 1.54) is 0 Å². The number of nitrogens with one attached hydrogen (secondary N) is 1. The number of nitrogens with zero attached hydrogens (tertiary/aromatic N) is 1. The average molecular weight is 447 g/mol. The lowest BCUT2D eigenvalue weighted by Gasteiger charge is -2.28.